The van der Waals surface area contributed by atoms with Gasteiger partial charge in [-0.15, -0.1) is 0 Å². The van der Waals surface area contributed by atoms with E-state index >= 15 is 0 Å². The predicted octanol–water partition coefficient (Wildman–Crippen LogP) is 0.500. The van der Waals surface area contributed by atoms with E-state index in [4.69, 9.17) is 26.2 Å². The van der Waals surface area contributed by atoms with E-state index in [-0.39, 0.29) is 11.5 Å². The minimum atomic E-state index is -0.803. The molecule has 0 spiro atoms. The van der Waals surface area contributed by atoms with E-state index in [1.807, 2.05) is 0 Å². The first-order chi connectivity index (χ1) is 6.11. The highest BCUT2D eigenvalue weighted by Crippen LogP contribution is 2.25. The topological polar surface area (TPSA) is 79.9 Å². The minimum absolute atomic E-state index is 0.115. The Hall–Kier alpha value is -1.20. The quantitative estimate of drug-likeness (QED) is 0.737. The largest absolute Gasteiger partial charge is 0.501 e. The summed E-state index contributed by atoms with van der Waals surface area (Å²) in [6, 6.07) is 0. The van der Waals surface area contributed by atoms with Crippen LogP contribution in [0.25, 0.3) is 0 Å². The summed E-state index contributed by atoms with van der Waals surface area (Å²) in [4.78, 5) is 11.2. The Labute approximate surface area is 78.1 Å². The average Bonchev–Trinajstić information content (AvgIpc) is 2.13. The van der Waals surface area contributed by atoms with Gasteiger partial charge in [0.25, 0.3) is 5.43 Å². The summed E-state index contributed by atoms with van der Waals surface area (Å²) < 4.78 is 9.32. The van der Waals surface area contributed by atoms with Crippen molar-refractivity contribution in [3.63, 3.8) is 0 Å². The van der Waals surface area contributed by atoms with Crippen LogP contribution < -0.4 is 10.2 Å². The van der Waals surface area contributed by atoms with Gasteiger partial charge in [0.1, 0.15) is 6.61 Å². The van der Waals surface area contributed by atoms with Crippen molar-refractivity contribution in [3.05, 3.63) is 21.2 Å². The molecule has 0 saturated heterocycles. The first kappa shape index (κ1) is 9.88. The van der Waals surface area contributed by atoms with Crippen LogP contribution in [0.5, 0.6) is 11.5 Å². The molecule has 1 aromatic heterocycles. The van der Waals surface area contributed by atoms with Gasteiger partial charge >= 0.3 is 0 Å². The molecule has 13 heavy (non-hydrogen) atoms. The molecule has 1 aromatic rings. The molecule has 0 amide bonds. The molecule has 0 unspecified atom stereocenters. The van der Waals surface area contributed by atoms with E-state index in [1.165, 1.54) is 7.11 Å². The molecule has 1 heterocycles. The molecular formula is C7H7ClO5. The molecule has 0 bridgehead atoms. The summed E-state index contributed by atoms with van der Waals surface area (Å²) in [6.07, 6.45) is 0. The third-order valence-corrected chi connectivity index (χ3v) is 1.68. The predicted molar refractivity (Wildman–Crippen MR) is 44.1 cm³/mol. The first-order valence-corrected chi connectivity index (χ1v) is 3.69. The normalized spacial score (nSPS) is 10.1. The van der Waals surface area contributed by atoms with Crippen molar-refractivity contribution in [3.8, 4) is 11.5 Å². The van der Waals surface area contributed by atoms with E-state index in [9.17, 15) is 4.79 Å². The van der Waals surface area contributed by atoms with E-state index in [0.29, 0.717) is 0 Å². The number of hydrogen-bond donors (Lipinski definition) is 2. The zero-order valence-corrected chi connectivity index (χ0v) is 7.46. The highest BCUT2D eigenvalue weighted by molar-refractivity contribution is 6.30. The van der Waals surface area contributed by atoms with Crippen LogP contribution >= 0.6 is 11.6 Å². The van der Waals surface area contributed by atoms with Gasteiger partial charge in [-0.2, -0.15) is 0 Å². The lowest BCUT2D eigenvalue weighted by Crippen LogP contribution is -2.08. The van der Waals surface area contributed by atoms with Crippen molar-refractivity contribution in [1.82, 2.24) is 0 Å². The monoisotopic (exact) mass is 206 g/mol. The molecular weight excluding hydrogens is 200 g/mol. The van der Waals surface area contributed by atoms with Crippen LogP contribution in [0.4, 0.5) is 0 Å². The van der Waals surface area contributed by atoms with Crippen LogP contribution in [-0.2, 0) is 6.61 Å². The Morgan fingerprint density at radius 2 is 2.23 bits per heavy atom. The van der Waals surface area contributed by atoms with Gasteiger partial charge in [0, 0.05) is 0 Å². The molecule has 0 atom stereocenters. The maximum absolute atomic E-state index is 11.2. The van der Waals surface area contributed by atoms with Gasteiger partial charge < -0.3 is 19.4 Å². The number of aliphatic hydroxyl groups excluding tert-OH is 1. The highest BCUT2D eigenvalue weighted by Gasteiger charge is 2.17. The Balaban J connectivity index is 3.48. The van der Waals surface area contributed by atoms with Crippen molar-refractivity contribution in [2.75, 3.05) is 7.11 Å². The standard InChI is InChI=1S/C7H7ClO5/c1-12-6-3(2-9)13-7(8)5(11)4(6)10/h9,11H,2H2,1H3. The number of halogens is 1. The number of hydrogen-bond acceptors (Lipinski definition) is 5. The lowest BCUT2D eigenvalue weighted by atomic mass is 10.3. The van der Waals surface area contributed by atoms with E-state index in [1.54, 1.807) is 0 Å². The van der Waals surface area contributed by atoms with Crippen LogP contribution in [0.2, 0.25) is 5.22 Å². The summed E-state index contributed by atoms with van der Waals surface area (Å²) in [5.41, 5.74) is -0.803. The van der Waals surface area contributed by atoms with E-state index in [2.05, 4.69) is 4.74 Å². The van der Waals surface area contributed by atoms with Crippen molar-refractivity contribution < 1.29 is 19.4 Å². The number of aliphatic hydroxyl groups is 1. The molecule has 0 aliphatic carbocycles. The second kappa shape index (κ2) is 3.68. The average molecular weight is 207 g/mol. The molecule has 0 aliphatic heterocycles. The van der Waals surface area contributed by atoms with Crippen LogP contribution in [0, 0.1) is 0 Å². The zero-order valence-electron chi connectivity index (χ0n) is 6.70. The van der Waals surface area contributed by atoms with Gasteiger partial charge in [0.05, 0.1) is 7.11 Å². The molecule has 1 rings (SSSR count). The smallest absolute Gasteiger partial charge is 0.270 e. The maximum Gasteiger partial charge on any atom is 0.270 e. The van der Waals surface area contributed by atoms with Gasteiger partial charge in [-0.1, -0.05) is 0 Å². The molecule has 72 valence electrons. The Kier molecular flexibility index (Phi) is 2.79. The molecule has 0 fully saturated rings. The lowest BCUT2D eigenvalue weighted by molar-refractivity contribution is 0.228. The summed E-state index contributed by atoms with van der Waals surface area (Å²) in [5.74, 6) is -1.09. The Morgan fingerprint density at radius 1 is 1.62 bits per heavy atom. The third kappa shape index (κ3) is 1.61. The summed E-state index contributed by atoms with van der Waals surface area (Å²) in [6.45, 7) is -0.529. The molecule has 0 saturated carbocycles. The Morgan fingerprint density at radius 3 is 2.69 bits per heavy atom. The molecule has 0 aromatic carbocycles. The van der Waals surface area contributed by atoms with Gasteiger partial charge in [-0.25, -0.2) is 0 Å². The van der Waals surface area contributed by atoms with Gasteiger partial charge in [0.15, 0.2) is 5.76 Å². The Bertz CT molecular complexity index is 370. The molecule has 0 aliphatic rings. The molecule has 5 nitrogen and oxygen atoms in total. The summed E-state index contributed by atoms with van der Waals surface area (Å²) in [5, 5.41) is 17.3. The van der Waals surface area contributed by atoms with Gasteiger partial charge in [0.2, 0.25) is 16.7 Å². The highest BCUT2D eigenvalue weighted by atomic mass is 35.5. The van der Waals surface area contributed by atoms with Crippen LogP contribution in [-0.4, -0.2) is 17.3 Å². The van der Waals surface area contributed by atoms with Gasteiger partial charge in [-0.05, 0) is 11.6 Å². The zero-order chi connectivity index (χ0) is 10.0. The number of aromatic hydroxyl groups is 1. The fourth-order valence-corrected chi connectivity index (χ4v) is 1.02. The van der Waals surface area contributed by atoms with Crippen LogP contribution in [0.15, 0.2) is 9.21 Å². The summed E-state index contributed by atoms with van der Waals surface area (Å²) in [7, 11) is 1.22. The van der Waals surface area contributed by atoms with E-state index in [0.717, 1.165) is 0 Å². The first-order valence-electron chi connectivity index (χ1n) is 3.31. The maximum atomic E-state index is 11.2. The van der Waals surface area contributed by atoms with Crippen molar-refractivity contribution in [2.45, 2.75) is 6.61 Å². The van der Waals surface area contributed by atoms with E-state index < -0.39 is 23.0 Å². The molecule has 2 N–H and O–H groups in total. The lowest BCUT2D eigenvalue weighted by Gasteiger charge is -2.04. The third-order valence-electron chi connectivity index (χ3n) is 1.42. The number of ether oxygens (including phenoxy) is 1. The molecule has 6 heteroatoms. The van der Waals surface area contributed by atoms with Crippen LogP contribution in [0.3, 0.4) is 0 Å². The fourth-order valence-electron chi connectivity index (χ4n) is 0.837. The van der Waals surface area contributed by atoms with Crippen molar-refractivity contribution >= 4 is 11.6 Å². The van der Waals surface area contributed by atoms with Crippen LogP contribution in [0.1, 0.15) is 5.76 Å². The second-order valence-electron chi connectivity index (χ2n) is 2.17. The second-order valence-corrected chi connectivity index (χ2v) is 2.51. The van der Waals surface area contributed by atoms with Crippen molar-refractivity contribution in [2.24, 2.45) is 0 Å². The summed E-state index contributed by atoms with van der Waals surface area (Å²) >= 11 is 5.34. The minimum Gasteiger partial charge on any atom is -0.501 e. The van der Waals surface area contributed by atoms with Gasteiger partial charge in [-0.3, -0.25) is 4.79 Å². The SMILES string of the molecule is COc1c(CO)oc(Cl)c(O)c1=O. The number of methoxy groups -OCH3 is 1. The fraction of sp³-hybridized carbons (Fsp3) is 0.286. The molecule has 0 radical (unpaired) electrons. The number of rotatable bonds is 2. The van der Waals surface area contributed by atoms with Crippen molar-refractivity contribution in [1.29, 1.82) is 0 Å².